The van der Waals surface area contributed by atoms with Gasteiger partial charge in [-0.2, -0.15) is 13.2 Å². The van der Waals surface area contributed by atoms with Gasteiger partial charge in [0.1, 0.15) is 5.75 Å². The van der Waals surface area contributed by atoms with Gasteiger partial charge in [0.15, 0.2) is 5.78 Å². The molecule has 0 saturated carbocycles. The molecule has 6 heteroatoms. The average molecular weight is 335 g/mol. The maximum absolute atomic E-state index is 12.6. The number of rotatable bonds is 4. The fourth-order valence-electron chi connectivity index (χ4n) is 2.07. The number of phenolic OH excluding ortho intramolecular Hbond substituents is 1. The summed E-state index contributed by atoms with van der Waals surface area (Å²) in [5, 5.41) is 9.85. The van der Waals surface area contributed by atoms with Crippen LogP contribution in [0.4, 0.5) is 13.2 Å². The molecular formula is C18H16F3NO2. The van der Waals surface area contributed by atoms with E-state index >= 15 is 0 Å². The van der Waals surface area contributed by atoms with Crippen LogP contribution in [-0.2, 0) is 6.18 Å². The highest BCUT2D eigenvalue weighted by Crippen LogP contribution is 2.32. The number of halogens is 3. The summed E-state index contributed by atoms with van der Waals surface area (Å²) in [7, 11) is 3.50. The zero-order valence-electron chi connectivity index (χ0n) is 13.1. The van der Waals surface area contributed by atoms with Crippen LogP contribution in [0.5, 0.6) is 5.75 Å². The van der Waals surface area contributed by atoms with E-state index in [1.807, 2.05) is 0 Å². The lowest BCUT2D eigenvalue weighted by Crippen LogP contribution is -2.04. The maximum Gasteiger partial charge on any atom is 0.416 e. The molecular weight excluding hydrogens is 319 g/mol. The van der Waals surface area contributed by atoms with Crippen LogP contribution in [0, 0.1) is 0 Å². The second-order valence-electron chi connectivity index (χ2n) is 5.45. The molecule has 0 bridgehead atoms. The van der Waals surface area contributed by atoms with Gasteiger partial charge < -0.3 is 10.0 Å². The van der Waals surface area contributed by atoms with Crippen LogP contribution in [-0.4, -0.2) is 29.9 Å². The normalized spacial score (nSPS) is 11.7. The van der Waals surface area contributed by atoms with Crippen molar-refractivity contribution in [1.29, 1.82) is 0 Å². The predicted octanol–water partition coefficient (Wildman–Crippen LogP) is 4.34. The Morgan fingerprint density at radius 3 is 2.17 bits per heavy atom. The smallest absolute Gasteiger partial charge is 0.416 e. The van der Waals surface area contributed by atoms with E-state index in [0.717, 1.165) is 12.1 Å². The first-order chi connectivity index (χ1) is 11.2. The molecule has 3 nitrogen and oxygen atoms in total. The van der Waals surface area contributed by atoms with Gasteiger partial charge in [-0.15, -0.1) is 0 Å². The van der Waals surface area contributed by atoms with Crippen LogP contribution in [0.3, 0.4) is 0 Å². The summed E-state index contributed by atoms with van der Waals surface area (Å²) in [6, 6.07) is 8.98. The number of hydrogen-bond acceptors (Lipinski definition) is 3. The maximum atomic E-state index is 12.6. The fourth-order valence-corrected chi connectivity index (χ4v) is 2.07. The molecule has 1 N–H and O–H groups in total. The molecule has 24 heavy (non-hydrogen) atoms. The summed E-state index contributed by atoms with van der Waals surface area (Å²) < 4.78 is 37.8. The Bertz CT molecular complexity index is 763. The van der Waals surface area contributed by atoms with Crippen molar-refractivity contribution in [1.82, 2.24) is 4.90 Å². The summed E-state index contributed by atoms with van der Waals surface area (Å²) in [4.78, 5) is 13.8. The second kappa shape index (κ2) is 6.78. The number of aromatic hydroxyl groups is 1. The van der Waals surface area contributed by atoms with Crippen molar-refractivity contribution < 1.29 is 23.1 Å². The second-order valence-corrected chi connectivity index (χ2v) is 5.45. The minimum Gasteiger partial charge on any atom is -0.507 e. The van der Waals surface area contributed by atoms with Crippen molar-refractivity contribution in [2.75, 3.05) is 14.1 Å². The van der Waals surface area contributed by atoms with E-state index in [0.29, 0.717) is 11.1 Å². The molecule has 0 spiro atoms. The first-order valence-electron chi connectivity index (χ1n) is 7.08. The third-order valence-corrected chi connectivity index (χ3v) is 3.33. The van der Waals surface area contributed by atoms with Crippen molar-refractivity contribution in [3.8, 4) is 16.9 Å². The lowest BCUT2D eigenvalue weighted by atomic mass is 9.99. The van der Waals surface area contributed by atoms with E-state index in [4.69, 9.17) is 0 Å². The molecule has 0 aliphatic carbocycles. The SMILES string of the molecule is CN(C)/C=C/C(=O)c1cc(-c2ccc(C(F)(F)F)cc2)ccc1O. The molecule has 2 aromatic carbocycles. The summed E-state index contributed by atoms with van der Waals surface area (Å²) in [5.41, 5.74) is 0.414. The number of ketones is 1. The Morgan fingerprint density at radius 1 is 1.04 bits per heavy atom. The molecule has 0 aromatic heterocycles. The topological polar surface area (TPSA) is 40.5 Å². The largest absolute Gasteiger partial charge is 0.507 e. The van der Waals surface area contributed by atoms with Gasteiger partial charge in [-0.05, 0) is 35.4 Å². The first kappa shape index (κ1) is 17.6. The zero-order chi connectivity index (χ0) is 17.9. The highest BCUT2D eigenvalue weighted by molar-refractivity contribution is 6.07. The molecule has 0 heterocycles. The zero-order valence-corrected chi connectivity index (χ0v) is 13.1. The van der Waals surface area contributed by atoms with Crippen molar-refractivity contribution in [3.05, 3.63) is 65.9 Å². The minimum absolute atomic E-state index is 0.0884. The Kier molecular flexibility index (Phi) is 4.97. The Balaban J connectivity index is 2.36. The predicted molar refractivity (Wildman–Crippen MR) is 85.7 cm³/mol. The van der Waals surface area contributed by atoms with Crippen LogP contribution in [0.25, 0.3) is 11.1 Å². The molecule has 0 atom stereocenters. The van der Waals surface area contributed by atoms with Crippen LogP contribution >= 0.6 is 0 Å². The van der Waals surface area contributed by atoms with E-state index in [2.05, 4.69) is 0 Å². The van der Waals surface area contributed by atoms with E-state index in [-0.39, 0.29) is 11.3 Å². The van der Waals surface area contributed by atoms with Crippen LogP contribution in [0.2, 0.25) is 0 Å². The third kappa shape index (κ3) is 4.16. The summed E-state index contributed by atoms with van der Waals surface area (Å²) >= 11 is 0. The van der Waals surface area contributed by atoms with Crippen molar-refractivity contribution in [2.24, 2.45) is 0 Å². The molecule has 0 amide bonds. The van der Waals surface area contributed by atoms with Gasteiger partial charge in [-0.3, -0.25) is 4.79 Å². The molecule has 2 rings (SSSR count). The summed E-state index contributed by atoms with van der Waals surface area (Å²) in [6.07, 6.45) is -1.54. The number of carbonyl (C=O) groups is 1. The van der Waals surface area contributed by atoms with Gasteiger partial charge >= 0.3 is 6.18 Å². The lowest BCUT2D eigenvalue weighted by Gasteiger charge is -2.09. The molecule has 2 aromatic rings. The van der Waals surface area contributed by atoms with Gasteiger partial charge in [-0.25, -0.2) is 0 Å². The summed E-state index contributed by atoms with van der Waals surface area (Å²) in [6.45, 7) is 0. The molecule has 0 radical (unpaired) electrons. The van der Waals surface area contributed by atoms with Crippen LogP contribution in [0.15, 0.2) is 54.7 Å². The van der Waals surface area contributed by atoms with Crippen LogP contribution < -0.4 is 0 Å². The molecule has 0 aliphatic rings. The Labute approximate surface area is 137 Å². The van der Waals surface area contributed by atoms with Gasteiger partial charge in [0.05, 0.1) is 11.1 Å². The Hall–Kier alpha value is -2.76. The van der Waals surface area contributed by atoms with Crippen molar-refractivity contribution in [2.45, 2.75) is 6.18 Å². The highest BCUT2D eigenvalue weighted by atomic mass is 19.4. The van der Waals surface area contributed by atoms with E-state index in [1.54, 1.807) is 31.3 Å². The van der Waals surface area contributed by atoms with E-state index < -0.39 is 17.5 Å². The monoisotopic (exact) mass is 335 g/mol. The number of alkyl halides is 3. The van der Waals surface area contributed by atoms with Gasteiger partial charge in [0, 0.05) is 26.4 Å². The molecule has 0 saturated heterocycles. The van der Waals surface area contributed by atoms with Crippen molar-refractivity contribution >= 4 is 5.78 Å². The van der Waals surface area contributed by atoms with E-state index in [9.17, 15) is 23.1 Å². The molecule has 126 valence electrons. The number of phenols is 1. The number of carbonyl (C=O) groups excluding carboxylic acids is 1. The van der Waals surface area contributed by atoms with Crippen LogP contribution in [0.1, 0.15) is 15.9 Å². The standard InChI is InChI=1S/C18H16F3NO2/c1-22(2)10-9-17(24)15-11-13(5-8-16(15)23)12-3-6-14(7-4-12)18(19,20)21/h3-11,23H,1-2H3/b10-9+. The van der Waals surface area contributed by atoms with E-state index in [1.165, 1.54) is 30.3 Å². The number of nitrogens with zero attached hydrogens (tertiary/aromatic N) is 1. The molecule has 0 unspecified atom stereocenters. The summed E-state index contributed by atoms with van der Waals surface area (Å²) in [5.74, 6) is -0.575. The van der Waals surface area contributed by atoms with Gasteiger partial charge in [0.25, 0.3) is 0 Å². The number of hydrogen-bond donors (Lipinski definition) is 1. The molecule has 0 aliphatic heterocycles. The molecule has 0 fully saturated rings. The lowest BCUT2D eigenvalue weighted by molar-refractivity contribution is -0.137. The third-order valence-electron chi connectivity index (χ3n) is 3.33. The highest BCUT2D eigenvalue weighted by Gasteiger charge is 2.30. The number of allylic oxidation sites excluding steroid dienone is 1. The minimum atomic E-state index is -4.40. The fraction of sp³-hybridized carbons (Fsp3) is 0.167. The Morgan fingerprint density at radius 2 is 1.62 bits per heavy atom. The number of benzene rings is 2. The van der Waals surface area contributed by atoms with Crippen molar-refractivity contribution in [3.63, 3.8) is 0 Å². The van der Waals surface area contributed by atoms with Gasteiger partial charge in [0.2, 0.25) is 0 Å². The average Bonchev–Trinajstić information content (AvgIpc) is 2.52. The quantitative estimate of drug-likeness (QED) is 0.668. The van der Waals surface area contributed by atoms with Gasteiger partial charge in [-0.1, -0.05) is 18.2 Å². The first-order valence-corrected chi connectivity index (χ1v) is 7.08.